The summed E-state index contributed by atoms with van der Waals surface area (Å²) in [5, 5.41) is 0. The maximum atomic E-state index is 6.17. The van der Waals surface area contributed by atoms with Gasteiger partial charge in [-0.1, -0.05) is 6.92 Å². The molecular weight excluding hydrogens is 234 g/mol. The van der Waals surface area contributed by atoms with Crippen LogP contribution in [0.4, 0.5) is 0 Å². The molecule has 5 rings (SSSR count). The molecule has 4 aliphatic rings. The molecule has 19 heavy (non-hydrogen) atoms. The summed E-state index contributed by atoms with van der Waals surface area (Å²) in [4.78, 5) is 0. The zero-order chi connectivity index (χ0) is 13.1. The molecule has 3 unspecified atom stereocenters. The van der Waals surface area contributed by atoms with Crippen molar-refractivity contribution in [3.05, 3.63) is 24.2 Å². The largest absolute Gasteiger partial charge is 0.469 e. The fourth-order valence-electron chi connectivity index (χ4n) is 6.36. The number of nitrogens with two attached hydrogens (primary N) is 1. The number of hydrogen-bond acceptors (Lipinski definition) is 2. The Bertz CT molecular complexity index is 450. The normalized spacial score (nSPS) is 45.6. The molecular formula is C17H25NO. The van der Waals surface area contributed by atoms with Gasteiger partial charge in [-0.25, -0.2) is 0 Å². The van der Waals surface area contributed by atoms with Crippen LogP contribution in [-0.2, 0) is 0 Å². The third-order valence-electron chi connectivity index (χ3n) is 6.26. The van der Waals surface area contributed by atoms with Crippen molar-refractivity contribution < 1.29 is 4.42 Å². The van der Waals surface area contributed by atoms with E-state index in [2.05, 4.69) is 13.0 Å². The van der Waals surface area contributed by atoms with Gasteiger partial charge in [-0.15, -0.1) is 0 Å². The minimum absolute atomic E-state index is 0.436. The molecule has 2 N–H and O–H groups in total. The van der Waals surface area contributed by atoms with E-state index in [0.717, 1.165) is 24.1 Å². The lowest BCUT2D eigenvalue weighted by atomic mass is 9.42. The molecule has 1 heterocycles. The summed E-state index contributed by atoms with van der Waals surface area (Å²) in [7, 11) is 0. The van der Waals surface area contributed by atoms with Crippen LogP contribution in [0.5, 0.6) is 0 Å². The molecule has 2 heteroatoms. The Hall–Kier alpha value is -0.760. The van der Waals surface area contributed by atoms with Gasteiger partial charge in [0.15, 0.2) is 0 Å². The summed E-state index contributed by atoms with van der Waals surface area (Å²) in [6, 6.07) is 4.15. The minimum atomic E-state index is 0.436. The van der Waals surface area contributed by atoms with E-state index in [-0.39, 0.29) is 0 Å². The molecule has 0 saturated heterocycles. The molecule has 0 aliphatic heterocycles. The van der Waals surface area contributed by atoms with Crippen molar-refractivity contribution in [2.75, 3.05) is 6.54 Å². The van der Waals surface area contributed by atoms with Gasteiger partial charge in [-0.2, -0.15) is 0 Å². The first-order chi connectivity index (χ1) is 9.12. The van der Waals surface area contributed by atoms with Crippen LogP contribution in [0.1, 0.15) is 57.1 Å². The van der Waals surface area contributed by atoms with E-state index in [9.17, 15) is 0 Å². The first-order valence-corrected chi connectivity index (χ1v) is 7.86. The Morgan fingerprint density at radius 3 is 2.58 bits per heavy atom. The summed E-state index contributed by atoms with van der Waals surface area (Å²) < 4.78 is 5.73. The van der Waals surface area contributed by atoms with Gasteiger partial charge in [0.25, 0.3) is 0 Å². The van der Waals surface area contributed by atoms with Crippen LogP contribution in [0.25, 0.3) is 0 Å². The van der Waals surface area contributed by atoms with Gasteiger partial charge in [-0.05, 0) is 73.3 Å². The fourth-order valence-corrected chi connectivity index (χ4v) is 6.36. The average molecular weight is 259 g/mol. The second kappa shape index (κ2) is 3.88. The lowest BCUT2D eigenvalue weighted by Crippen LogP contribution is -2.54. The molecule has 0 aromatic carbocycles. The van der Waals surface area contributed by atoms with Crippen LogP contribution in [0.3, 0.4) is 0 Å². The van der Waals surface area contributed by atoms with Crippen LogP contribution >= 0.6 is 0 Å². The van der Waals surface area contributed by atoms with Crippen LogP contribution in [-0.4, -0.2) is 6.54 Å². The number of rotatable bonds is 3. The van der Waals surface area contributed by atoms with Crippen molar-refractivity contribution in [3.63, 3.8) is 0 Å². The number of furan rings is 1. The monoisotopic (exact) mass is 259 g/mol. The predicted octanol–water partition coefficient (Wildman–Crippen LogP) is 3.93. The third-order valence-corrected chi connectivity index (χ3v) is 6.26. The smallest absolute Gasteiger partial charge is 0.108 e. The van der Waals surface area contributed by atoms with Crippen LogP contribution in [0.2, 0.25) is 0 Å². The third kappa shape index (κ3) is 1.72. The zero-order valence-electron chi connectivity index (χ0n) is 11.9. The highest BCUT2D eigenvalue weighted by Crippen LogP contribution is 2.68. The Kier molecular flexibility index (Phi) is 2.45. The van der Waals surface area contributed by atoms with Crippen molar-refractivity contribution >= 4 is 0 Å². The highest BCUT2D eigenvalue weighted by molar-refractivity contribution is 5.17. The topological polar surface area (TPSA) is 39.2 Å². The molecule has 0 radical (unpaired) electrons. The van der Waals surface area contributed by atoms with E-state index in [0.29, 0.717) is 16.7 Å². The first kappa shape index (κ1) is 12.0. The highest BCUT2D eigenvalue weighted by atomic mass is 16.3. The zero-order valence-corrected chi connectivity index (χ0v) is 11.9. The average Bonchev–Trinajstić information content (AvgIpc) is 2.79. The second-order valence-corrected chi connectivity index (χ2v) is 7.94. The van der Waals surface area contributed by atoms with Gasteiger partial charge in [-0.3, -0.25) is 0 Å². The maximum absolute atomic E-state index is 6.17. The highest BCUT2D eigenvalue weighted by Gasteiger charge is 2.58. The molecule has 1 aromatic rings. The molecule has 1 aromatic heterocycles. The summed E-state index contributed by atoms with van der Waals surface area (Å²) in [6.45, 7) is 3.26. The standard InChI is InChI=1S/C17H25NO/c1-16-6-12-5-13(7-16)9-17(8-12,11-16)14(10-18)15-3-2-4-19-15/h2-4,12-14H,5-11,18H2,1H3. The van der Waals surface area contributed by atoms with Crippen LogP contribution in [0.15, 0.2) is 22.8 Å². The lowest BCUT2D eigenvalue weighted by molar-refractivity contribution is -0.115. The van der Waals surface area contributed by atoms with Gasteiger partial charge in [0.2, 0.25) is 0 Å². The molecule has 4 fully saturated rings. The fraction of sp³-hybridized carbons (Fsp3) is 0.765. The molecule has 0 spiro atoms. The number of hydrogen-bond donors (Lipinski definition) is 1. The van der Waals surface area contributed by atoms with E-state index in [1.54, 1.807) is 6.26 Å². The van der Waals surface area contributed by atoms with Crippen molar-refractivity contribution in [1.82, 2.24) is 0 Å². The summed E-state index contributed by atoms with van der Waals surface area (Å²) in [6.07, 6.45) is 10.4. The van der Waals surface area contributed by atoms with E-state index in [1.165, 1.54) is 38.5 Å². The summed E-state index contributed by atoms with van der Waals surface area (Å²) in [5.41, 5.74) is 7.19. The SMILES string of the molecule is CC12CC3CC(C1)CC(C(CN)c1ccco1)(C3)C2. The Morgan fingerprint density at radius 1 is 1.32 bits per heavy atom. The van der Waals surface area contributed by atoms with Crippen LogP contribution < -0.4 is 5.73 Å². The van der Waals surface area contributed by atoms with Gasteiger partial charge >= 0.3 is 0 Å². The molecule has 3 atom stereocenters. The van der Waals surface area contributed by atoms with E-state index >= 15 is 0 Å². The lowest BCUT2D eigenvalue weighted by Gasteiger charge is -2.63. The predicted molar refractivity (Wildman–Crippen MR) is 75.7 cm³/mol. The molecule has 4 bridgehead atoms. The van der Waals surface area contributed by atoms with Crippen molar-refractivity contribution in [3.8, 4) is 0 Å². The minimum Gasteiger partial charge on any atom is -0.469 e. The van der Waals surface area contributed by atoms with Crippen molar-refractivity contribution in [2.45, 2.75) is 51.4 Å². The van der Waals surface area contributed by atoms with Gasteiger partial charge in [0, 0.05) is 12.5 Å². The maximum Gasteiger partial charge on any atom is 0.108 e. The van der Waals surface area contributed by atoms with Crippen molar-refractivity contribution in [2.24, 2.45) is 28.4 Å². The Balaban J connectivity index is 1.73. The Morgan fingerprint density at radius 2 is 2.05 bits per heavy atom. The van der Waals surface area contributed by atoms with E-state index < -0.39 is 0 Å². The second-order valence-electron chi connectivity index (χ2n) is 7.94. The van der Waals surface area contributed by atoms with Crippen molar-refractivity contribution in [1.29, 1.82) is 0 Å². The first-order valence-electron chi connectivity index (χ1n) is 7.86. The van der Waals surface area contributed by atoms with Gasteiger partial charge in [0.1, 0.15) is 5.76 Å². The van der Waals surface area contributed by atoms with Gasteiger partial charge < -0.3 is 10.2 Å². The van der Waals surface area contributed by atoms with E-state index in [4.69, 9.17) is 10.2 Å². The molecule has 4 saturated carbocycles. The summed E-state index contributed by atoms with van der Waals surface area (Å²) >= 11 is 0. The molecule has 104 valence electrons. The van der Waals surface area contributed by atoms with E-state index in [1.807, 2.05) is 6.07 Å². The molecule has 2 nitrogen and oxygen atoms in total. The molecule has 4 aliphatic carbocycles. The summed E-state index contributed by atoms with van der Waals surface area (Å²) in [5.74, 6) is 3.48. The quantitative estimate of drug-likeness (QED) is 0.893. The van der Waals surface area contributed by atoms with Gasteiger partial charge in [0.05, 0.1) is 6.26 Å². The molecule has 0 amide bonds. The van der Waals surface area contributed by atoms with Crippen LogP contribution in [0, 0.1) is 22.7 Å². The Labute approximate surface area is 115 Å².